The van der Waals surface area contributed by atoms with E-state index in [4.69, 9.17) is 5.53 Å². The highest BCUT2D eigenvalue weighted by Crippen LogP contribution is 2.39. The number of thiophene rings is 1. The van der Waals surface area contributed by atoms with Crippen LogP contribution < -0.4 is 5.32 Å². The largest absolute Gasteiger partial charge is 0.316 e. The number of nitriles is 1. The van der Waals surface area contributed by atoms with E-state index in [2.05, 4.69) is 28.3 Å². The highest BCUT2D eigenvalue weighted by Gasteiger charge is 2.24. The van der Waals surface area contributed by atoms with E-state index in [9.17, 15) is 10.1 Å². The van der Waals surface area contributed by atoms with Gasteiger partial charge < -0.3 is 5.32 Å². The second-order valence-electron chi connectivity index (χ2n) is 4.60. The first kappa shape index (κ1) is 13.4. The number of hydrogen-bond donors (Lipinski definition) is 1. The molecule has 2 rings (SSSR count). The summed E-state index contributed by atoms with van der Waals surface area (Å²) in [5, 5.41) is 15.7. The van der Waals surface area contributed by atoms with Crippen LogP contribution in [0.25, 0.3) is 10.4 Å². The lowest BCUT2D eigenvalue weighted by Gasteiger charge is -2.17. The van der Waals surface area contributed by atoms with E-state index in [1.807, 2.05) is 0 Å². The quantitative estimate of drug-likeness (QED) is 0.520. The summed E-state index contributed by atoms with van der Waals surface area (Å²) >= 11 is 1.46. The van der Waals surface area contributed by atoms with E-state index in [-0.39, 0.29) is 12.5 Å². The minimum Gasteiger partial charge on any atom is -0.316 e. The first-order valence-electron chi connectivity index (χ1n) is 6.01. The van der Waals surface area contributed by atoms with Crippen molar-refractivity contribution in [1.29, 1.82) is 5.26 Å². The van der Waals surface area contributed by atoms with Gasteiger partial charge in [0, 0.05) is 9.79 Å². The summed E-state index contributed by atoms with van der Waals surface area (Å²) in [6, 6.07) is 2.17. The van der Waals surface area contributed by atoms with Crippen LogP contribution in [0.5, 0.6) is 0 Å². The second-order valence-corrected chi connectivity index (χ2v) is 5.71. The molecule has 0 saturated heterocycles. The van der Waals surface area contributed by atoms with Gasteiger partial charge in [-0.2, -0.15) is 5.26 Å². The number of anilines is 1. The molecule has 1 aromatic rings. The fourth-order valence-electron chi connectivity index (χ4n) is 2.22. The van der Waals surface area contributed by atoms with Gasteiger partial charge >= 0.3 is 0 Å². The lowest BCUT2D eigenvalue weighted by Crippen LogP contribution is -2.14. The van der Waals surface area contributed by atoms with E-state index >= 15 is 0 Å². The van der Waals surface area contributed by atoms with E-state index in [1.54, 1.807) is 0 Å². The van der Waals surface area contributed by atoms with Crippen LogP contribution in [0.4, 0.5) is 5.00 Å². The predicted molar refractivity (Wildman–Crippen MR) is 72.9 cm³/mol. The Morgan fingerprint density at radius 3 is 3.21 bits per heavy atom. The molecule has 1 N–H and O–H groups in total. The number of azide groups is 1. The molecule has 1 amide bonds. The number of carbonyl (C=O) groups excluding carboxylic acids is 1. The van der Waals surface area contributed by atoms with Crippen LogP contribution in [0.15, 0.2) is 5.11 Å². The number of carbonyl (C=O) groups is 1. The molecule has 0 saturated carbocycles. The number of hydrogen-bond acceptors (Lipinski definition) is 4. The SMILES string of the molecule is CC1CCc2c(sc(NC(=O)CN=[N+]=[N-])c2C#N)C1. The third-order valence-corrected chi connectivity index (χ3v) is 4.32. The Morgan fingerprint density at radius 2 is 2.53 bits per heavy atom. The third-order valence-electron chi connectivity index (χ3n) is 3.15. The molecule has 0 fully saturated rings. The van der Waals surface area contributed by atoms with Crippen LogP contribution in [0, 0.1) is 17.2 Å². The zero-order valence-electron chi connectivity index (χ0n) is 10.5. The number of nitrogens with one attached hydrogen (secondary N) is 1. The summed E-state index contributed by atoms with van der Waals surface area (Å²) in [6.45, 7) is 1.94. The van der Waals surface area contributed by atoms with Crippen molar-refractivity contribution in [2.45, 2.75) is 26.2 Å². The molecule has 1 heterocycles. The van der Waals surface area contributed by atoms with Gasteiger partial charge in [-0.25, -0.2) is 0 Å². The van der Waals surface area contributed by atoms with Gasteiger partial charge in [0.1, 0.15) is 17.6 Å². The van der Waals surface area contributed by atoms with Crippen molar-refractivity contribution in [3.8, 4) is 6.07 Å². The molecule has 1 aromatic heterocycles. The van der Waals surface area contributed by atoms with Crippen LogP contribution in [0.1, 0.15) is 29.3 Å². The fraction of sp³-hybridized carbons (Fsp3) is 0.500. The van der Waals surface area contributed by atoms with E-state index in [0.717, 1.165) is 24.8 Å². The van der Waals surface area contributed by atoms with Crippen molar-refractivity contribution in [3.05, 3.63) is 26.4 Å². The minimum atomic E-state index is -0.388. The first-order valence-corrected chi connectivity index (χ1v) is 6.82. The lowest BCUT2D eigenvalue weighted by atomic mass is 9.89. The maximum Gasteiger partial charge on any atom is 0.230 e. The van der Waals surface area contributed by atoms with Crippen molar-refractivity contribution in [1.82, 2.24) is 0 Å². The standard InChI is InChI=1S/C12H13N5OS/c1-7-2-3-8-9(5-13)12(19-10(8)4-7)16-11(18)6-15-17-14/h7H,2-4,6H2,1H3,(H,16,18). The van der Waals surface area contributed by atoms with Crippen molar-refractivity contribution >= 4 is 22.2 Å². The van der Waals surface area contributed by atoms with Gasteiger partial charge in [0.15, 0.2) is 0 Å². The summed E-state index contributed by atoms with van der Waals surface area (Å²) in [5.41, 5.74) is 9.82. The molecular formula is C12H13N5OS. The number of nitrogens with zero attached hydrogens (tertiary/aromatic N) is 4. The summed E-state index contributed by atoms with van der Waals surface area (Å²) in [5.74, 6) is 0.227. The lowest BCUT2D eigenvalue weighted by molar-refractivity contribution is -0.114. The molecule has 0 radical (unpaired) electrons. The molecule has 0 aliphatic heterocycles. The number of fused-ring (bicyclic) bond motifs is 1. The normalized spacial score (nSPS) is 16.9. The molecule has 1 aliphatic rings. The van der Waals surface area contributed by atoms with Crippen molar-refractivity contribution < 1.29 is 4.79 Å². The fourth-order valence-corrected chi connectivity index (χ4v) is 3.60. The minimum absolute atomic E-state index is 0.250. The second kappa shape index (κ2) is 5.74. The van der Waals surface area contributed by atoms with Crippen molar-refractivity contribution in [2.75, 3.05) is 11.9 Å². The van der Waals surface area contributed by atoms with Gasteiger partial charge in [0.05, 0.1) is 5.56 Å². The monoisotopic (exact) mass is 275 g/mol. The van der Waals surface area contributed by atoms with Crippen LogP contribution in [0.3, 0.4) is 0 Å². The smallest absolute Gasteiger partial charge is 0.230 e. The van der Waals surface area contributed by atoms with Gasteiger partial charge in [0.25, 0.3) is 0 Å². The molecule has 0 spiro atoms. The predicted octanol–water partition coefficient (Wildman–Crippen LogP) is 2.99. The molecular weight excluding hydrogens is 262 g/mol. The molecule has 1 unspecified atom stereocenters. The topological polar surface area (TPSA) is 102 Å². The van der Waals surface area contributed by atoms with E-state index < -0.39 is 0 Å². The van der Waals surface area contributed by atoms with Crippen LogP contribution in [-0.2, 0) is 17.6 Å². The Kier molecular flexibility index (Phi) is 4.05. The molecule has 1 aliphatic carbocycles. The van der Waals surface area contributed by atoms with Crippen LogP contribution >= 0.6 is 11.3 Å². The number of rotatable bonds is 3. The zero-order valence-corrected chi connectivity index (χ0v) is 11.3. The first-order chi connectivity index (χ1) is 9.15. The molecule has 7 heteroatoms. The van der Waals surface area contributed by atoms with Gasteiger partial charge in [-0.3, -0.25) is 4.79 Å². The van der Waals surface area contributed by atoms with Crippen molar-refractivity contribution in [2.24, 2.45) is 11.0 Å². The van der Waals surface area contributed by atoms with Crippen molar-refractivity contribution in [3.63, 3.8) is 0 Å². The number of amides is 1. The Hall–Kier alpha value is -2.03. The van der Waals surface area contributed by atoms with E-state index in [0.29, 0.717) is 16.5 Å². The third kappa shape index (κ3) is 2.87. The van der Waals surface area contributed by atoms with Gasteiger partial charge in [-0.1, -0.05) is 12.0 Å². The Labute approximate surface area is 114 Å². The summed E-state index contributed by atoms with van der Waals surface area (Å²) in [4.78, 5) is 15.3. The average Bonchev–Trinajstić information content (AvgIpc) is 2.72. The Balaban J connectivity index is 2.24. The zero-order chi connectivity index (χ0) is 13.8. The van der Waals surface area contributed by atoms with Crippen LogP contribution in [0.2, 0.25) is 0 Å². The highest BCUT2D eigenvalue weighted by molar-refractivity contribution is 7.16. The van der Waals surface area contributed by atoms with Gasteiger partial charge in [-0.05, 0) is 36.3 Å². The molecule has 0 aromatic carbocycles. The summed E-state index contributed by atoms with van der Waals surface area (Å²) in [7, 11) is 0. The Morgan fingerprint density at radius 1 is 1.74 bits per heavy atom. The van der Waals surface area contributed by atoms with Gasteiger partial charge in [-0.15, -0.1) is 11.3 Å². The van der Waals surface area contributed by atoms with Gasteiger partial charge in [0.2, 0.25) is 5.91 Å². The van der Waals surface area contributed by atoms with E-state index in [1.165, 1.54) is 16.2 Å². The molecule has 1 atom stereocenters. The average molecular weight is 275 g/mol. The molecule has 6 nitrogen and oxygen atoms in total. The molecule has 98 valence electrons. The highest BCUT2D eigenvalue weighted by atomic mass is 32.1. The summed E-state index contributed by atoms with van der Waals surface area (Å²) in [6.07, 6.45) is 2.92. The molecule has 0 bridgehead atoms. The van der Waals surface area contributed by atoms with Crippen LogP contribution in [-0.4, -0.2) is 12.5 Å². The maximum atomic E-state index is 11.5. The summed E-state index contributed by atoms with van der Waals surface area (Å²) < 4.78 is 0. The molecule has 19 heavy (non-hydrogen) atoms. The maximum absolute atomic E-state index is 11.5. The Bertz CT molecular complexity index is 594.